The van der Waals surface area contributed by atoms with Crippen molar-refractivity contribution in [3.63, 3.8) is 0 Å². The number of imide groups is 1. The summed E-state index contributed by atoms with van der Waals surface area (Å²) < 4.78 is 5.05. The van der Waals surface area contributed by atoms with Crippen molar-refractivity contribution in [3.05, 3.63) is 35.4 Å². The van der Waals surface area contributed by atoms with E-state index in [4.69, 9.17) is 4.74 Å². The first kappa shape index (κ1) is 17.7. The highest BCUT2D eigenvalue weighted by atomic mass is 16.5. The number of carbonyl (C=O) groups excluding carboxylic acids is 3. The molecule has 0 aliphatic heterocycles. The number of amides is 3. The molecule has 0 aliphatic rings. The second-order valence-electron chi connectivity index (χ2n) is 5.35. The van der Waals surface area contributed by atoms with Crippen molar-refractivity contribution in [1.82, 2.24) is 10.6 Å². The summed E-state index contributed by atoms with van der Waals surface area (Å²) in [6.45, 7) is 6.87. The zero-order valence-electron chi connectivity index (χ0n) is 13.3. The smallest absolute Gasteiger partial charge is 0.321 e. The molecule has 120 valence electrons. The summed E-state index contributed by atoms with van der Waals surface area (Å²) >= 11 is 0. The molecule has 0 unspecified atom stereocenters. The van der Waals surface area contributed by atoms with Gasteiger partial charge in [-0.2, -0.15) is 0 Å². The van der Waals surface area contributed by atoms with Crippen LogP contribution in [0.5, 0.6) is 0 Å². The summed E-state index contributed by atoms with van der Waals surface area (Å²) in [6, 6.07) is 6.75. The zero-order valence-corrected chi connectivity index (χ0v) is 13.3. The molecular formula is C16H22N2O4. The molecule has 1 aromatic rings. The maximum atomic E-state index is 11.8. The number of nitrogens with one attached hydrogen (secondary N) is 2. The van der Waals surface area contributed by atoms with Crippen LogP contribution in [0.1, 0.15) is 31.9 Å². The number of hydrogen-bond acceptors (Lipinski definition) is 4. The molecule has 0 saturated heterocycles. The van der Waals surface area contributed by atoms with Gasteiger partial charge >= 0.3 is 12.0 Å². The predicted molar refractivity (Wildman–Crippen MR) is 82.2 cm³/mol. The highest BCUT2D eigenvalue weighted by molar-refractivity contribution is 5.97. The van der Waals surface area contributed by atoms with E-state index in [-0.39, 0.29) is 12.5 Å². The molecule has 0 aliphatic carbocycles. The second-order valence-corrected chi connectivity index (χ2v) is 5.35. The molecule has 6 nitrogen and oxygen atoms in total. The van der Waals surface area contributed by atoms with E-state index in [2.05, 4.69) is 10.6 Å². The number of benzene rings is 1. The molecule has 0 aromatic heterocycles. The van der Waals surface area contributed by atoms with Gasteiger partial charge in [-0.25, -0.2) is 4.79 Å². The highest BCUT2D eigenvalue weighted by Crippen LogP contribution is 2.09. The van der Waals surface area contributed by atoms with Gasteiger partial charge < -0.3 is 10.1 Å². The van der Waals surface area contributed by atoms with Crippen LogP contribution in [-0.2, 0) is 20.7 Å². The molecule has 0 saturated carbocycles. The first-order valence-corrected chi connectivity index (χ1v) is 7.15. The molecule has 0 bridgehead atoms. The van der Waals surface area contributed by atoms with Gasteiger partial charge in [0.2, 0.25) is 0 Å². The molecule has 1 aromatic carbocycles. The summed E-state index contributed by atoms with van der Waals surface area (Å²) in [6.07, 6.45) is -0.947. The van der Waals surface area contributed by atoms with E-state index < -0.39 is 24.0 Å². The lowest BCUT2D eigenvalue weighted by atomic mass is 10.1. The molecule has 0 radical (unpaired) electrons. The summed E-state index contributed by atoms with van der Waals surface area (Å²) in [7, 11) is 0. The number of ether oxygens (including phenoxy) is 1. The van der Waals surface area contributed by atoms with Gasteiger partial charge in [0.15, 0.2) is 6.10 Å². The van der Waals surface area contributed by atoms with Crippen LogP contribution in [0.25, 0.3) is 0 Å². The lowest BCUT2D eigenvalue weighted by Crippen LogP contribution is -2.46. The molecule has 0 fully saturated rings. The molecule has 3 amide bonds. The minimum atomic E-state index is -1.03. The fourth-order valence-electron chi connectivity index (χ4n) is 1.77. The standard InChI is InChI=1S/C16H22N2O4/c1-10(2)17-16(21)18-15(20)12(4)22-14(19)9-13-8-6-5-7-11(13)3/h5-8,10,12H,9H2,1-4H3,(H2,17,18,20,21)/t12-/m0/s1. The quantitative estimate of drug-likeness (QED) is 0.811. The largest absolute Gasteiger partial charge is 0.452 e. The predicted octanol–water partition coefficient (Wildman–Crippen LogP) is 1.70. The normalized spacial score (nSPS) is 11.7. The number of aryl methyl sites for hydroxylation is 1. The molecule has 0 spiro atoms. The van der Waals surface area contributed by atoms with Gasteiger partial charge in [0.05, 0.1) is 6.42 Å². The Morgan fingerprint density at radius 2 is 1.77 bits per heavy atom. The van der Waals surface area contributed by atoms with Crippen molar-refractivity contribution < 1.29 is 19.1 Å². The molecule has 6 heteroatoms. The fourth-order valence-corrected chi connectivity index (χ4v) is 1.77. The van der Waals surface area contributed by atoms with Crippen LogP contribution < -0.4 is 10.6 Å². The van der Waals surface area contributed by atoms with E-state index in [1.807, 2.05) is 31.2 Å². The topological polar surface area (TPSA) is 84.5 Å². The molecular weight excluding hydrogens is 284 g/mol. The number of hydrogen-bond donors (Lipinski definition) is 2. The molecule has 1 atom stereocenters. The monoisotopic (exact) mass is 306 g/mol. The van der Waals surface area contributed by atoms with Crippen molar-refractivity contribution in [2.75, 3.05) is 0 Å². The zero-order chi connectivity index (χ0) is 16.7. The maximum absolute atomic E-state index is 11.8. The van der Waals surface area contributed by atoms with E-state index in [0.29, 0.717) is 0 Å². The number of urea groups is 1. The molecule has 0 heterocycles. The summed E-state index contributed by atoms with van der Waals surface area (Å²) in [4.78, 5) is 35.0. The number of rotatable bonds is 5. The molecule has 1 rings (SSSR count). The van der Waals surface area contributed by atoms with Crippen LogP contribution in [0.3, 0.4) is 0 Å². The van der Waals surface area contributed by atoms with Crippen molar-refractivity contribution in [2.45, 2.75) is 46.3 Å². The Labute approximate surface area is 130 Å². The third-order valence-electron chi connectivity index (χ3n) is 2.93. The second kappa shape index (κ2) is 8.17. The van der Waals surface area contributed by atoms with Crippen molar-refractivity contribution >= 4 is 17.9 Å². The lowest BCUT2D eigenvalue weighted by Gasteiger charge is -2.14. The Hall–Kier alpha value is -2.37. The average Bonchev–Trinajstić information content (AvgIpc) is 2.40. The van der Waals surface area contributed by atoms with Crippen LogP contribution in [-0.4, -0.2) is 30.1 Å². The first-order valence-electron chi connectivity index (χ1n) is 7.15. The van der Waals surface area contributed by atoms with E-state index in [0.717, 1.165) is 11.1 Å². The van der Waals surface area contributed by atoms with Crippen molar-refractivity contribution in [1.29, 1.82) is 0 Å². The van der Waals surface area contributed by atoms with Gasteiger partial charge in [-0.15, -0.1) is 0 Å². The Morgan fingerprint density at radius 1 is 1.14 bits per heavy atom. The van der Waals surface area contributed by atoms with E-state index in [1.54, 1.807) is 13.8 Å². The van der Waals surface area contributed by atoms with Crippen LogP contribution in [0.4, 0.5) is 4.79 Å². The lowest BCUT2D eigenvalue weighted by molar-refractivity contribution is -0.153. The van der Waals surface area contributed by atoms with Gasteiger partial charge in [-0.05, 0) is 38.8 Å². The minimum Gasteiger partial charge on any atom is -0.452 e. The summed E-state index contributed by atoms with van der Waals surface area (Å²) in [5.41, 5.74) is 1.82. The highest BCUT2D eigenvalue weighted by Gasteiger charge is 2.20. The minimum absolute atomic E-state index is 0.0858. The van der Waals surface area contributed by atoms with E-state index >= 15 is 0 Å². The average molecular weight is 306 g/mol. The van der Waals surface area contributed by atoms with Crippen LogP contribution >= 0.6 is 0 Å². The first-order chi connectivity index (χ1) is 10.3. The molecule has 22 heavy (non-hydrogen) atoms. The fraction of sp³-hybridized carbons (Fsp3) is 0.438. The van der Waals surface area contributed by atoms with E-state index in [9.17, 15) is 14.4 Å². The Morgan fingerprint density at radius 3 is 2.36 bits per heavy atom. The molecule has 2 N–H and O–H groups in total. The maximum Gasteiger partial charge on any atom is 0.321 e. The summed E-state index contributed by atoms with van der Waals surface area (Å²) in [5, 5.41) is 4.64. The third kappa shape index (κ3) is 5.95. The van der Waals surface area contributed by atoms with Gasteiger partial charge in [-0.3, -0.25) is 14.9 Å². The van der Waals surface area contributed by atoms with Crippen LogP contribution in [0, 0.1) is 6.92 Å². The van der Waals surface area contributed by atoms with Crippen molar-refractivity contribution in [2.24, 2.45) is 0 Å². The Kier molecular flexibility index (Phi) is 6.56. The number of carbonyl (C=O) groups is 3. The van der Waals surface area contributed by atoms with Crippen LogP contribution in [0.15, 0.2) is 24.3 Å². The third-order valence-corrected chi connectivity index (χ3v) is 2.93. The van der Waals surface area contributed by atoms with Gasteiger partial charge in [-0.1, -0.05) is 24.3 Å². The van der Waals surface area contributed by atoms with E-state index in [1.165, 1.54) is 6.92 Å². The van der Waals surface area contributed by atoms with Gasteiger partial charge in [0.25, 0.3) is 5.91 Å². The SMILES string of the molecule is Cc1ccccc1CC(=O)O[C@@H](C)C(=O)NC(=O)NC(C)C. The van der Waals surface area contributed by atoms with Crippen molar-refractivity contribution in [3.8, 4) is 0 Å². The Balaban J connectivity index is 2.48. The van der Waals surface area contributed by atoms with Gasteiger partial charge in [0.1, 0.15) is 0 Å². The summed E-state index contributed by atoms with van der Waals surface area (Å²) in [5.74, 6) is -1.17. The van der Waals surface area contributed by atoms with Gasteiger partial charge in [0, 0.05) is 6.04 Å². The number of esters is 1. The van der Waals surface area contributed by atoms with Crippen LogP contribution in [0.2, 0.25) is 0 Å². The Bertz CT molecular complexity index is 555.